The summed E-state index contributed by atoms with van der Waals surface area (Å²) in [5.41, 5.74) is 13.0. The Morgan fingerprint density at radius 1 is 0.436 bits per heavy atom. The quantitative estimate of drug-likeness (QED) is 0.182. The second kappa shape index (κ2) is 7.79. The fraction of sp³-hybridized carbons (Fsp3) is 0.0270. The summed E-state index contributed by atoms with van der Waals surface area (Å²) in [5, 5.41) is 2.68. The van der Waals surface area contributed by atoms with Gasteiger partial charge in [0.15, 0.2) is 0 Å². The Labute approximate surface area is 239 Å². The Bertz CT molecular complexity index is 2100. The summed E-state index contributed by atoms with van der Waals surface area (Å²) in [7, 11) is 0. The zero-order valence-corrected chi connectivity index (χ0v) is 23.3. The maximum atomic E-state index is 3.81. The van der Waals surface area contributed by atoms with Crippen molar-refractivity contribution in [2.75, 3.05) is 0 Å². The van der Waals surface area contributed by atoms with Gasteiger partial charge in [-0.3, -0.25) is 0 Å². The molecule has 0 unspecified atom stereocenters. The number of hydrogen-bond acceptors (Lipinski definition) is 1. The van der Waals surface area contributed by atoms with E-state index in [-0.39, 0.29) is 5.41 Å². The second-order valence-electron chi connectivity index (χ2n) is 10.6. The van der Waals surface area contributed by atoms with Crippen molar-refractivity contribution in [1.29, 1.82) is 0 Å². The highest BCUT2D eigenvalue weighted by Gasteiger charge is 2.51. The van der Waals surface area contributed by atoms with E-state index in [1.165, 1.54) is 75.8 Å². The van der Waals surface area contributed by atoms with E-state index in [4.69, 9.17) is 0 Å². The van der Waals surface area contributed by atoms with Gasteiger partial charge in [-0.05, 0) is 92.0 Å². The number of thiophene rings is 1. The third kappa shape index (κ3) is 2.78. The fourth-order valence-electron chi connectivity index (χ4n) is 7.20. The Kier molecular flexibility index (Phi) is 4.37. The van der Waals surface area contributed by atoms with E-state index >= 15 is 0 Å². The zero-order chi connectivity index (χ0) is 25.7. The Morgan fingerprint density at radius 3 is 1.87 bits per heavy atom. The van der Waals surface area contributed by atoms with Crippen LogP contribution in [0.25, 0.3) is 53.6 Å². The highest BCUT2D eigenvalue weighted by molar-refractivity contribution is 9.10. The molecule has 0 nitrogen and oxygen atoms in total. The van der Waals surface area contributed by atoms with E-state index in [1.54, 1.807) is 0 Å². The minimum Gasteiger partial charge on any atom is -0.135 e. The molecule has 7 aromatic rings. The molecule has 9 rings (SSSR count). The van der Waals surface area contributed by atoms with Crippen LogP contribution in [0.4, 0.5) is 0 Å². The monoisotopic (exact) mass is 576 g/mol. The summed E-state index contributed by atoms with van der Waals surface area (Å²) in [6.45, 7) is 0. The van der Waals surface area contributed by atoms with E-state index in [1.807, 2.05) is 11.3 Å². The molecule has 1 spiro atoms. The molecule has 39 heavy (non-hydrogen) atoms. The maximum absolute atomic E-state index is 3.81. The zero-order valence-electron chi connectivity index (χ0n) is 20.9. The van der Waals surface area contributed by atoms with Crippen molar-refractivity contribution in [3.63, 3.8) is 0 Å². The molecule has 0 aliphatic heterocycles. The van der Waals surface area contributed by atoms with Crippen LogP contribution in [0.1, 0.15) is 22.3 Å². The first-order valence-corrected chi connectivity index (χ1v) is 14.9. The molecular weight excluding hydrogens is 556 g/mol. The van der Waals surface area contributed by atoms with Gasteiger partial charge in [-0.15, -0.1) is 11.3 Å². The van der Waals surface area contributed by atoms with Crippen LogP contribution in [-0.2, 0) is 5.41 Å². The summed E-state index contributed by atoms with van der Waals surface area (Å²) in [5.74, 6) is 0. The van der Waals surface area contributed by atoms with Gasteiger partial charge in [0, 0.05) is 24.6 Å². The average Bonchev–Trinajstić information content (AvgIpc) is 3.60. The predicted octanol–water partition coefficient (Wildman–Crippen LogP) is 10.8. The van der Waals surface area contributed by atoms with Crippen LogP contribution in [0.2, 0.25) is 0 Å². The van der Waals surface area contributed by atoms with Gasteiger partial charge in [-0.2, -0.15) is 0 Å². The van der Waals surface area contributed by atoms with Crippen molar-refractivity contribution < 1.29 is 0 Å². The second-order valence-corrected chi connectivity index (χ2v) is 12.6. The molecule has 0 N–H and O–H groups in total. The summed E-state index contributed by atoms with van der Waals surface area (Å²) < 4.78 is 3.80. The number of halogens is 1. The molecule has 6 aromatic carbocycles. The van der Waals surface area contributed by atoms with Crippen LogP contribution < -0.4 is 0 Å². The van der Waals surface area contributed by atoms with Gasteiger partial charge in [0.25, 0.3) is 0 Å². The maximum Gasteiger partial charge on any atom is 0.0725 e. The van der Waals surface area contributed by atoms with E-state index < -0.39 is 0 Å². The fourth-order valence-corrected chi connectivity index (χ4v) is 8.65. The lowest BCUT2D eigenvalue weighted by Crippen LogP contribution is -2.25. The Morgan fingerprint density at radius 2 is 1.05 bits per heavy atom. The van der Waals surface area contributed by atoms with Crippen LogP contribution in [0.5, 0.6) is 0 Å². The minimum atomic E-state index is -0.312. The van der Waals surface area contributed by atoms with Crippen molar-refractivity contribution in [1.82, 2.24) is 0 Å². The molecule has 0 saturated heterocycles. The summed E-state index contributed by atoms with van der Waals surface area (Å²) in [6.07, 6.45) is 0. The number of benzene rings is 6. The van der Waals surface area contributed by atoms with Gasteiger partial charge in [0.1, 0.15) is 0 Å². The lowest BCUT2D eigenvalue weighted by Gasteiger charge is -2.30. The van der Waals surface area contributed by atoms with Crippen molar-refractivity contribution >= 4 is 47.4 Å². The lowest BCUT2D eigenvalue weighted by atomic mass is 9.70. The summed E-state index contributed by atoms with van der Waals surface area (Å²) in [6, 6.07) is 47.6. The summed E-state index contributed by atoms with van der Waals surface area (Å²) in [4.78, 5) is 0. The van der Waals surface area contributed by atoms with E-state index in [0.29, 0.717) is 0 Å². The van der Waals surface area contributed by atoms with E-state index in [0.717, 1.165) is 4.47 Å². The lowest BCUT2D eigenvalue weighted by molar-refractivity contribution is 0.793. The third-order valence-electron chi connectivity index (χ3n) is 8.76. The Balaban J connectivity index is 1.33. The van der Waals surface area contributed by atoms with E-state index in [2.05, 4.69) is 143 Å². The molecule has 0 saturated carbocycles. The van der Waals surface area contributed by atoms with Crippen LogP contribution in [0.15, 0.2) is 132 Å². The van der Waals surface area contributed by atoms with Crippen LogP contribution in [-0.4, -0.2) is 0 Å². The molecule has 182 valence electrons. The van der Waals surface area contributed by atoms with Crippen LogP contribution in [0, 0.1) is 0 Å². The van der Waals surface area contributed by atoms with Crippen LogP contribution >= 0.6 is 27.3 Å². The van der Waals surface area contributed by atoms with Gasteiger partial charge < -0.3 is 0 Å². The van der Waals surface area contributed by atoms with Crippen molar-refractivity contribution in [2.24, 2.45) is 0 Å². The van der Waals surface area contributed by atoms with Gasteiger partial charge in [0.05, 0.1) is 5.41 Å². The molecule has 1 aromatic heterocycles. The summed E-state index contributed by atoms with van der Waals surface area (Å²) >= 11 is 5.68. The normalized spacial score (nSPS) is 14.0. The predicted molar refractivity (Wildman–Crippen MR) is 169 cm³/mol. The van der Waals surface area contributed by atoms with Crippen molar-refractivity contribution in [2.45, 2.75) is 5.41 Å². The van der Waals surface area contributed by atoms with E-state index in [9.17, 15) is 0 Å². The molecule has 0 amide bonds. The highest BCUT2D eigenvalue weighted by Crippen LogP contribution is 2.63. The minimum absolute atomic E-state index is 0.312. The van der Waals surface area contributed by atoms with Gasteiger partial charge in [-0.25, -0.2) is 0 Å². The standard InChI is InChI=1S/C37H21BrS/c38-24-15-16-27-29-19-22(23-14-18-36-30(20-23)28-9-3-6-12-35(28)39-36)13-17-33(29)37(34(27)21-24)31-10-4-1-7-25(31)26-8-2-5-11-32(26)37/h1-21H. The number of hydrogen-bond donors (Lipinski definition) is 0. The van der Waals surface area contributed by atoms with Crippen LogP contribution in [0.3, 0.4) is 0 Å². The van der Waals surface area contributed by atoms with Gasteiger partial charge in [0.2, 0.25) is 0 Å². The topological polar surface area (TPSA) is 0 Å². The first-order chi connectivity index (χ1) is 19.2. The largest absolute Gasteiger partial charge is 0.135 e. The number of rotatable bonds is 1. The third-order valence-corrected chi connectivity index (χ3v) is 10.4. The van der Waals surface area contributed by atoms with Gasteiger partial charge >= 0.3 is 0 Å². The average molecular weight is 578 g/mol. The molecule has 0 bridgehead atoms. The van der Waals surface area contributed by atoms with Crippen molar-refractivity contribution in [3.8, 4) is 33.4 Å². The highest BCUT2D eigenvalue weighted by atomic mass is 79.9. The van der Waals surface area contributed by atoms with Gasteiger partial charge in [-0.1, -0.05) is 107 Å². The molecular formula is C37H21BrS. The SMILES string of the molecule is Brc1ccc2c(c1)C1(c3ccccc3-c3ccccc31)c1ccc(-c3ccc4sc5ccccc5c4c3)cc1-2. The molecule has 2 aliphatic carbocycles. The molecule has 0 atom stereocenters. The molecule has 0 radical (unpaired) electrons. The first-order valence-electron chi connectivity index (χ1n) is 13.3. The molecule has 1 heterocycles. The molecule has 0 fully saturated rings. The number of fused-ring (bicyclic) bond motifs is 13. The molecule has 2 heteroatoms. The smallest absolute Gasteiger partial charge is 0.0725 e. The Hall–Kier alpha value is -3.98. The van der Waals surface area contributed by atoms with Crippen molar-refractivity contribution in [3.05, 3.63) is 154 Å². The first kappa shape index (κ1) is 21.9. The molecule has 2 aliphatic rings.